The average Bonchev–Trinajstić information content (AvgIpc) is 3.25. The topological polar surface area (TPSA) is 147 Å². The Morgan fingerprint density at radius 2 is 2.03 bits per heavy atom. The minimum absolute atomic E-state index is 0.0114. The fourth-order valence-corrected chi connectivity index (χ4v) is 5.03. The van der Waals surface area contributed by atoms with Crippen LogP contribution in [-0.2, 0) is 28.1 Å². The number of rotatable bonds is 10. The molecule has 0 radical (unpaired) electrons. The van der Waals surface area contributed by atoms with Crippen molar-refractivity contribution in [2.45, 2.75) is 52.4 Å². The number of aromatic amines is 1. The van der Waals surface area contributed by atoms with Crippen LogP contribution in [0.2, 0.25) is 10.0 Å². The molecule has 2 N–H and O–H groups in total. The van der Waals surface area contributed by atoms with Crippen LogP contribution in [0.15, 0.2) is 34.0 Å². The molecule has 2 heterocycles. The van der Waals surface area contributed by atoms with Crippen LogP contribution in [0.1, 0.15) is 32.6 Å². The third-order valence-corrected chi connectivity index (χ3v) is 6.90. The van der Waals surface area contributed by atoms with E-state index in [0.29, 0.717) is 10.6 Å². The summed E-state index contributed by atoms with van der Waals surface area (Å²) in [6.07, 6.45) is -0.962. The van der Waals surface area contributed by atoms with E-state index in [2.05, 4.69) is 10.1 Å². The van der Waals surface area contributed by atoms with Gasteiger partial charge in [0.15, 0.2) is 12.5 Å². The highest BCUT2D eigenvalue weighted by Crippen LogP contribution is 2.47. The number of H-pyrrole nitrogens is 1. The lowest BCUT2D eigenvalue weighted by molar-refractivity contribution is -0.149. The summed E-state index contributed by atoms with van der Waals surface area (Å²) < 4.78 is 42.1. The van der Waals surface area contributed by atoms with Crippen LogP contribution in [0, 0.1) is 6.92 Å². The molecule has 1 aromatic heterocycles. The van der Waals surface area contributed by atoms with Gasteiger partial charge in [-0.1, -0.05) is 23.2 Å². The molecule has 12 nitrogen and oxygen atoms in total. The van der Waals surface area contributed by atoms with E-state index >= 15 is 0 Å². The number of hydrogen-bond acceptors (Lipinski definition) is 9. The maximum absolute atomic E-state index is 13.6. The molecule has 1 aliphatic rings. The molecule has 0 spiro atoms. The Hall–Kier alpha value is -2.18. The van der Waals surface area contributed by atoms with Crippen molar-refractivity contribution in [2.24, 2.45) is 0 Å². The van der Waals surface area contributed by atoms with Crippen LogP contribution in [0.4, 0.5) is 0 Å². The van der Waals surface area contributed by atoms with E-state index in [1.54, 1.807) is 13.8 Å². The predicted octanol–water partition coefficient (Wildman–Crippen LogP) is 3.16. The van der Waals surface area contributed by atoms with Gasteiger partial charge in [-0.2, -0.15) is 5.09 Å². The second-order valence-electron chi connectivity index (χ2n) is 8.13. The Balaban J connectivity index is 1.73. The molecule has 0 amide bonds. The Kier molecular flexibility index (Phi) is 9.39. The van der Waals surface area contributed by atoms with Crippen molar-refractivity contribution < 1.29 is 32.6 Å². The average molecular weight is 566 g/mol. The van der Waals surface area contributed by atoms with Crippen molar-refractivity contribution in [3.8, 4) is 5.75 Å². The minimum Gasteiger partial charge on any atom is -0.462 e. The summed E-state index contributed by atoms with van der Waals surface area (Å²) in [6, 6.07) is 3.17. The highest BCUT2D eigenvalue weighted by molar-refractivity contribution is 7.52. The third-order valence-electron chi connectivity index (χ3n) is 4.74. The predicted molar refractivity (Wildman–Crippen MR) is 130 cm³/mol. The molecule has 0 bridgehead atoms. The van der Waals surface area contributed by atoms with E-state index in [1.807, 2.05) is 0 Å². The van der Waals surface area contributed by atoms with Crippen molar-refractivity contribution in [1.82, 2.24) is 14.6 Å². The summed E-state index contributed by atoms with van der Waals surface area (Å²) >= 11 is 12.1. The number of nitrogens with one attached hydrogen (secondary N) is 2. The maximum atomic E-state index is 13.6. The number of hydrogen-bond donors (Lipinski definition) is 2. The van der Waals surface area contributed by atoms with Gasteiger partial charge in [-0.3, -0.25) is 23.7 Å². The van der Waals surface area contributed by atoms with Crippen LogP contribution in [0.5, 0.6) is 5.75 Å². The third kappa shape index (κ3) is 7.42. The van der Waals surface area contributed by atoms with Crippen LogP contribution >= 0.6 is 30.9 Å². The van der Waals surface area contributed by atoms with E-state index in [-0.39, 0.29) is 17.4 Å². The van der Waals surface area contributed by atoms with Crippen molar-refractivity contribution in [1.29, 1.82) is 0 Å². The van der Waals surface area contributed by atoms with Gasteiger partial charge in [0.25, 0.3) is 5.56 Å². The molecule has 0 saturated carbocycles. The summed E-state index contributed by atoms with van der Waals surface area (Å²) in [5.74, 6) is -0.691. The Labute approximate surface area is 216 Å². The number of carbonyl (C=O) groups is 1. The summed E-state index contributed by atoms with van der Waals surface area (Å²) in [6.45, 7) is 5.86. The number of nitrogens with zero attached hydrogens (tertiary/aromatic N) is 1. The number of benzene rings is 1. The number of halogens is 2. The number of carbonyl (C=O) groups excluding carboxylic acids is 1. The fourth-order valence-electron chi connectivity index (χ4n) is 3.03. The van der Waals surface area contributed by atoms with E-state index < -0.39 is 56.2 Å². The standard InChI is InChI=1S/C21H26Cl2N3O9P/c1-11(2)33-20(28)13(4)25-36(30,35-16-6-5-14(22)7-15(16)23)32-10-18-31-9-17(34-18)26-8-12(3)19(27)24-21(26)29/h5-8,11,13,17-18H,9-10H2,1-4H3,(H,25,30)(H,24,27,29)/t13?,17-,18-,36?/m1/s1. The molecule has 198 valence electrons. The minimum atomic E-state index is -4.26. The van der Waals surface area contributed by atoms with Gasteiger partial charge in [0.05, 0.1) is 17.7 Å². The molecule has 1 saturated heterocycles. The van der Waals surface area contributed by atoms with Gasteiger partial charge in [0.2, 0.25) is 0 Å². The molecular weight excluding hydrogens is 540 g/mol. The van der Waals surface area contributed by atoms with Crippen molar-refractivity contribution in [3.05, 3.63) is 60.8 Å². The van der Waals surface area contributed by atoms with Gasteiger partial charge in [-0.25, -0.2) is 9.36 Å². The molecule has 4 atom stereocenters. The van der Waals surface area contributed by atoms with Crippen LogP contribution in [0.25, 0.3) is 0 Å². The molecule has 3 rings (SSSR count). The first-order valence-electron chi connectivity index (χ1n) is 10.8. The second kappa shape index (κ2) is 11.9. The first-order chi connectivity index (χ1) is 16.9. The smallest absolute Gasteiger partial charge is 0.459 e. The van der Waals surface area contributed by atoms with E-state index in [0.717, 1.165) is 0 Å². The summed E-state index contributed by atoms with van der Waals surface area (Å²) in [5, 5.41) is 2.91. The molecular formula is C21H26Cl2N3O9P. The lowest BCUT2D eigenvalue weighted by Gasteiger charge is -2.24. The van der Waals surface area contributed by atoms with Crippen molar-refractivity contribution in [2.75, 3.05) is 13.2 Å². The molecule has 0 aliphatic carbocycles. The van der Waals surface area contributed by atoms with Crippen molar-refractivity contribution >= 4 is 36.9 Å². The Bertz CT molecular complexity index is 1270. The fraction of sp³-hybridized carbons (Fsp3) is 0.476. The second-order valence-corrected chi connectivity index (χ2v) is 10.7. The van der Waals surface area contributed by atoms with Gasteiger partial charge in [-0.15, -0.1) is 0 Å². The van der Waals surface area contributed by atoms with Gasteiger partial charge in [0, 0.05) is 16.8 Å². The van der Waals surface area contributed by atoms with Crippen LogP contribution < -0.4 is 20.9 Å². The van der Waals surface area contributed by atoms with Crippen molar-refractivity contribution in [3.63, 3.8) is 0 Å². The van der Waals surface area contributed by atoms with Crippen LogP contribution in [-0.4, -0.2) is 47.2 Å². The molecule has 36 heavy (non-hydrogen) atoms. The zero-order valence-corrected chi connectivity index (χ0v) is 22.3. The molecule has 2 aromatic rings. The number of aromatic nitrogens is 2. The van der Waals surface area contributed by atoms with E-state index in [1.165, 1.54) is 42.8 Å². The normalized spacial score (nSPS) is 20.2. The Morgan fingerprint density at radius 3 is 2.69 bits per heavy atom. The summed E-state index contributed by atoms with van der Waals surface area (Å²) in [5.41, 5.74) is -0.876. The first kappa shape index (κ1) is 28.4. The van der Waals surface area contributed by atoms with E-state index in [4.69, 9.17) is 46.5 Å². The zero-order chi connectivity index (χ0) is 26.6. The van der Waals surface area contributed by atoms with E-state index in [9.17, 15) is 18.9 Å². The molecule has 1 aliphatic heterocycles. The monoisotopic (exact) mass is 565 g/mol. The first-order valence-corrected chi connectivity index (χ1v) is 13.1. The highest BCUT2D eigenvalue weighted by Gasteiger charge is 2.36. The summed E-state index contributed by atoms with van der Waals surface area (Å²) in [4.78, 5) is 38.2. The number of aryl methyl sites for hydroxylation is 1. The van der Waals surface area contributed by atoms with Gasteiger partial charge >= 0.3 is 19.4 Å². The largest absolute Gasteiger partial charge is 0.462 e. The molecule has 15 heteroatoms. The zero-order valence-electron chi connectivity index (χ0n) is 19.9. The quantitative estimate of drug-likeness (QED) is 0.325. The highest BCUT2D eigenvalue weighted by atomic mass is 35.5. The van der Waals surface area contributed by atoms with Gasteiger partial charge in [0.1, 0.15) is 18.4 Å². The lowest BCUT2D eigenvalue weighted by atomic mass is 10.3. The Morgan fingerprint density at radius 1 is 1.31 bits per heavy atom. The number of ether oxygens (including phenoxy) is 3. The van der Waals surface area contributed by atoms with Gasteiger partial charge < -0.3 is 18.7 Å². The molecule has 1 aromatic carbocycles. The lowest BCUT2D eigenvalue weighted by Crippen LogP contribution is -2.37. The molecule has 1 fully saturated rings. The SMILES string of the molecule is Cc1cn([C@H]2CO[C@@H](COP(=O)(NC(C)C(=O)OC(C)C)Oc3ccc(Cl)cc3Cl)O2)c(=O)[nH]c1=O. The summed E-state index contributed by atoms with van der Waals surface area (Å²) in [7, 11) is -4.26. The molecule has 2 unspecified atom stereocenters. The number of esters is 1. The maximum Gasteiger partial charge on any atom is 0.459 e. The van der Waals surface area contributed by atoms with Crippen LogP contribution in [0.3, 0.4) is 0 Å². The van der Waals surface area contributed by atoms with Gasteiger partial charge in [-0.05, 0) is 45.9 Å².